The highest BCUT2D eigenvalue weighted by Crippen LogP contribution is 2.42. The zero-order valence-corrected chi connectivity index (χ0v) is 12.1. The molecule has 0 bridgehead atoms. The van der Waals surface area contributed by atoms with Crippen LogP contribution in [0.4, 0.5) is 0 Å². The van der Waals surface area contributed by atoms with E-state index in [2.05, 4.69) is 28.9 Å². The molecule has 0 spiro atoms. The number of aromatic nitrogens is 2. The SMILES string of the molecule is COc1ccc2c(c1)nc(C1CNCC1C)n2C1CC1. The number of ether oxygens (including phenoxy) is 1. The van der Waals surface area contributed by atoms with Gasteiger partial charge in [-0.25, -0.2) is 4.98 Å². The molecule has 2 heterocycles. The molecule has 1 aliphatic heterocycles. The molecule has 1 N–H and O–H groups in total. The summed E-state index contributed by atoms with van der Waals surface area (Å²) in [7, 11) is 1.71. The highest BCUT2D eigenvalue weighted by molar-refractivity contribution is 5.78. The van der Waals surface area contributed by atoms with Crippen LogP contribution >= 0.6 is 0 Å². The highest BCUT2D eigenvalue weighted by atomic mass is 16.5. The number of benzene rings is 1. The van der Waals surface area contributed by atoms with Crippen molar-refractivity contribution in [1.29, 1.82) is 0 Å². The van der Waals surface area contributed by atoms with Crippen molar-refractivity contribution in [3.8, 4) is 5.75 Å². The molecule has 1 saturated carbocycles. The highest BCUT2D eigenvalue weighted by Gasteiger charge is 2.34. The van der Waals surface area contributed by atoms with Crippen LogP contribution in [0.15, 0.2) is 18.2 Å². The minimum Gasteiger partial charge on any atom is -0.497 e. The van der Waals surface area contributed by atoms with Gasteiger partial charge in [-0.05, 0) is 37.4 Å². The molecule has 0 amide bonds. The number of methoxy groups -OCH3 is 1. The standard InChI is InChI=1S/C16H21N3O/c1-10-8-17-9-13(10)16-18-14-7-12(20-2)5-6-15(14)19(16)11-3-4-11/h5-7,10-11,13,17H,3-4,8-9H2,1-2H3. The molecule has 4 heteroatoms. The lowest BCUT2D eigenvalue weighted by Gasteiger charge is -2.16. The summed E-state index contributed by atoms with van der Waals surface area (Å²) in [4.78, 5) is 4.96. The number of nitrogens with one attached hydrogen (secondary N) is 1. The minimum absolute atomic E-state index is 0.536. The number of hydrogen-bond acceptors (Lipinski definition) is 3. The second-order valence-corrected chi connectivity index (χ2v) is 6.17. The molecular formula is C16H21N3O. The first-order valence-corrected chi connectivity index (χ1v) is 7.54. The molecule has 2 aromatic rings. The molecule has 106 valence electrons. The van der Waals surface area contributed by atoms with E-state index in [4.69, 9.17) is 9.72 Å². The van der Waals surface area contributed by atoms with Crippen LogP contribution < -0.4 is 10.1 Å². The summed E-state index contributed by atoms with van der Waals surface area (Å²) in [5.74, 6) is 3.36. The third kappa shape index (κ3) is 1.82. The van der Waals surface area contributed by atoms with Gasteiger partial charge in [0.2, 0.25) is 0 Å². The molecule has 1 aromatic heterocycles. The van der Waals surface area contributed by atoms with Gasteiger partial charge >= 0.3 is 0 Å². The summed E-state index contributed by atoms with van der Waals surface area (Å²) in [6, 6.07) is 6.93. The zero-order chi connectivity index (χ0) is 13.7. The van der Waals surface area contributed by atoms with Gasteiger partial charge in [0.05, 0.1) is 18.1 Å². The van der Waals surface area contributed by atoms with Crippen LogP contribution in [0.1, 0.15) is 37.5 Å². The van der Waals surface area contributed by atoms with Crippen LogP contribution in [0, 0.1) is 5.92 Å². The van der Waals surface area contributed by atoms with Crippen LogP contribution in [-0.4, -0.2) is 29.8 Å². The summed E-state index contributed by atoms with van der Waals surface area (Å²) in [6.45, 7) is 4.47. The van der Waals surface area contributed by atoms with E-state index in [0.717, 1.165) is 24.4 Å². The topological polar surface area (TPSA) is 39.1 Å². The quantitative estimate of drug-likeness (QED) is 0.933. The van der Waals surface area contributed by atoms with Gasteiger partial charge in [0, 0.05) is 24.6 Å². The van der Waals surface area contributed by atoms with Gasteiger partial charge in [-0.3, -0.25) is 0 Å². The van der Waals surface area contributed by atoms with Gasteiger partial charge in [-0.2, -0.15) is 0 Å². The van der Waals surface area contributed by atoms with E-state index in [9.17, 15) is 0 Å². The average Bonchev–Trinajstić information content (AvgIpc) is 3.10. The fourth-order valence-electron chi connectivity index (χ4n) is 3.36. The molecular weight excluding hydrogens is 250 g/mol. The van der Waals surface area contributed by atoms with Crippen molar-refractivity contribution in [3.05, 3.63) is 24.0 Å². The van der Waals surface area contributed by atoms with Crippen LogP contribution in [0.5, 0.6) is 5.75 Å². The Morgan fingerprint density at radius 3 is 2.80 bits per heavy atom. The van der Waals surface area contributed by atoms with Crippen molar-refractivity contribution in [2.24, 2.45) is 5.92 Å². The van der Waals surface area contributed by atoms with E-state index in [-0.39, 0.29) is 0 Å². The van der Waals surface area contributed by atoms with Crippen LogP contribution in [-0.2, 0) is 0 Å². The Morgan fingerprint density at radius 2 is 2.15 bits per heavy atom. The second-order valence-electron chi connectivity index (χ2n) is 6.17. The molecule has 4 rings (SSSR count). The fourth-order valence-corrected chi connectivity index (χ4v) is 3.36. The summed E-state index contributed by atoms with van der Waals surface area (Å²) in [5, 5.41) is 3.50. The summed E-state index contributed by atoms with van der Waals surface area (Å²) in [6.07, 6.45) is 2.58. The predicted octanol–water partition coefficient (Wildman–Crippen LogP) is 2.70. The largest absolute Gasteiger partial charge is 0.497 e. The van der Waals surface area contributed by atoms with Crippen molar-refractivity contribution in [1.82, 2.24) is 14.9 Å². The molecule has 2 fully saturated rings. The van der Waals surface area contributed by atoms with Crippen molar-refractivity contribution in [3.63, 3.8) is 0 Å². The monoisotopic (exact) mass is 271 g/mol. The van der Waals surface area contributed by atoms with Crippen molar-refractivity contribution >= 4 is 11.0 Å². The van der Waals surface area contributed by atoms with Gasteiger partial charge in [-0.15, -0.1) is 0 Å². The number of fused-ring (bicyclic) bond motifs is 1. The van der Waals surface area contributed by atoms with Gasteiger partial charge < -0.3 is 14.6 Å². The van der Waals surface area contributed by atoms with E-state index in [1.807, 2.05) is 6.07 Å². The van der Waals surface area contributed by atoms with E-state index in [1.165, 1.54) is 24.2 Å². The lowest BCUT2D eigenvalue weighted by molar-refractivity contribution is 0.415. The number of rotatable bonds is 3. The van der Waals surface area contributed by atoms with Crippen molar-refractivity contribution in [2.45, 2.75) is 31.7 Å². The molecule has 4 nitrogen and oxygen atoms in total. The summed E-state index contributed by atoms with van der Waals surface area (Å²) < 4.78 is 7.82. The van der Waals surface area contributed by atoms with E-state index in [1.54, 1.807) is 7.11 Å². The molecule has 1 aromatic carbocycles. The van der Waals surface area contributed by atoms with E-state index >= 15 is 0 Å². The number of hydrogen-bond donors (Lipinski definition) is 1. The Balaban J connectivity index is 1.88. The maximum Gasteiger partial charge on any atom is 0.121 e. The predicted molar refractivity (Wildman–Crippen MR) is 79.3 cm³/mol. The number of imidazole rings is 1. The zero-order valence-electron chi connectivity index (χ0n) is 12.1. The van der Waals surface area contributed by atoms with Crippen LogP contribution in [0.25, 0.3) is 11.0 Å². The van der Waals surface area contributed by atoms with Gasteiger partial charge in [0.25, 0.3) is 0 Å². The molecule has 0 radical (unpaired) electrons. The van der Waals surface area contributed by atoms with Crippen LogP contribution in [0.3, 0.4) is 0 Å². The maximum absolute atomic E-state index is 5.33. The normalized spacial score (nSPS) is 26.3. The first-order chi connectivity index (χ1) is 9.78. The Kier molecular flexibility index (Phi) is 2.74. The fraction of sp³-hybridized carbons (Fsp3) is 0.562. The Labute approximate surface area is 119 Å². The van der Waals surface area contributed by atoms with Gasteiger partial charge in [-0.1, -0.05) is 6.92 Å². The smallest absolute Gasteiger partial charge is 0.121 e. The third-order valence-electron chi connectivity index (χ3n) is 4.69. The lowest BCUT2D eigenvalue weighted by Crippen LogP contribution is -2.14. The molecule has 1 saturated heterocycles. The Hall–Kier alpha value is -1.55. The van der Waals surface area contributed by atoms with Gasteiger partial charge in [0.15, 0.2) is 0 Å². The van der Waals surface area contributed by atoms with Crippen molar-refractivity contribution < 1.29 is 4.74 Å². The second kappa shape index (κ2) is 4.48. The summed E-state index contributed by atoms with van der Waals surface area (Å²) >= 11 is 0. The molecule has 2 aliphatic rings. The molecule has 2 atom stereocenters. The molecule has 2 unspecified atom stereocenters. The minimum atomic E-state index is 0.536. The third-order valence-corrected chi connectivity index (χ3v) is 4.69. The molecule has 20 heavy (non-hydrogen) atoms. The van der Waals surface area contributed by atoms with E-state index in [0.29, 0.717) is 17.9 Å². The first kappa shape index (κ1) is 12.2. The Bertz CT molecular complexity index is 644. The van der Waals surface area contributed by atoms with Crippen molar-refractivity contribution in [2.75, 3.05) is 20.2 Å². The number of nitrogens with zero attached hydrogens (tertiary/aromatic N) is 2. The molecule has 1 aliphatic carbocycles. The summed E-state index contributed by atoms with van der Waals surface area (Å²) in [5.41, 5.74) is 2.34. The average molecular weight is 271 g/mol. The maximum atomic E-state index is 5.33. The first-order valence-electron chi connectivity index (χ1n) is 7.54. The van der Waals surface area contributed by atoms with Crippen LogP contribution in [0.2, 0.25) is 0 Å². The van der Waals surface area contributed by atoms with Gasteiger partial charge in [0.1, 0.15) is 11.6 Å². The Morgan fingerprint density at radius 1 is 1.30 bits per heavy atom. The lowest BCUT2D eigenvalue weighted by atomic mass is 9.97. The van der Waals surface area contributed by atoms with E-state index < -0.39 is 0 Å².